The summed E-state index contributed by atoms with van der Waals surface area (Å²) in [6, 6.07) is 3.67. The van der Waals surface area contributed by atoms with Crippen molar-refractivity contribution in [1.29, 1.82) is 0 Å². The zero-order chi connectivity index (χ0) is 14.5. The quantitative estimate of drug-likeness (QED) is 0.471. The van der Waals surface area contributed by atoms with Crippen molar-refractivity contribution in [3.63, 3.8) is 0 Å². The third-order valence-corrected chi connectivity index (χ3v) is 3.83. The minimum absolute atomic E-state index is 0.0336. The summed E-state index contributed by atoms with van der Waals surface area (Å²) in [4.78, 5) is 10.0. The van der Waals surface area contributed by atoms with E-state index in [0.29, 0.717) is 0 Å². The van der Waals surface area contributed by atoms with Crippen LogP contribution in [0.5, 0.6) is 5.75 Å². The highest BCUT2D eigenvalue weighted by Crippen LogP contribution is 2.29. The Balaban J connectivity index is 3.04. The van der Waals surface area contributed by atoms with Gasteiger partial charge in [0.05, 0.1) is 23.5 Å². The van der Waals surface area contributed by atoms with Gasteiger partial charge in [0.1, 0.15) is 5.75 Å². The van der Waals surface area contributed by atoms with E-state index in [1.54, 1.807) is 0 Å². The number of ether oxygens (including phenoxy) is 1. The van der Waals surface area contributed by atoms with Crippen LogP contribution in [0.2, 0.25) is 0 Å². The molecule has 0 heterocycles. The van der Waals surface area contributed by atoms with E-state index >= 15 is 0 Å². The Morgan fingerprint density at radius 2 is 2.16 bits per heavy atom. The summed E-state index contributed by atoms with van der Waals surface area (Å²) >= 11 is 5.43. The van der Waals surface area contributed by atoms with E-state index in [1.165, 1.54) is 19.2 Å². The van der Waals surface area contributed by atoms with Gasteiger partial charge in [-0.3, -0.25) is 14.8 Å². The number of halogens is 1. The molecule has 0 bridgehead atoms. The number of sulfonamides is 1. The number of nitro benzene ring substituents is 1. The third-order valence-electron chi connectivity index (χ3n) is 2.21. The Kier molecular flexibility index (Phi) is 5.37. The van der Waals surface area contributed by atoms with E-state index in [1.807, 2.05) is 0 Å². The first-order valence-electron chi connectivity index (χ1n) is 5.28. The molecule has 0 saturated carbocycles. The maximum Gasteiger partial charge on any atom is 0.271 e. The lowest BCUT2D eigenvalue weighted by atomic mass is 10.2. The molecule has 0 fully saturated rings. The number of benzene rings is 1. The fraction of sp³-hybridized carbons (Fsp3) is 0.400. The van der Waals surface area contributed by atoms with Gasteiger partial charge in [-0.15, -0.1) is 11.6 Å². The van der Waals surface area contributed by atoms with Crippen LogP contribution in [0.3, 0.4) is 0 Å². The van der Waals surface area contributed by atoms with E-state index in [4.69, 9.17) is 16.3 Å². The minimum Gasteiger partial charge on any atom is -0.495 e. The summed E-state index contributed by atoms with van der Waals surface area (Å²) in [5.74, 6) is 0.259. The third kappa shape index (κ3) is 4.56. The minimum atomic E-state index is -3.61. The molecule has 0 amide bonds. The van der Waals surface area contributed by atoms with Gasteiger partial charge in [0.25, 0.3) is 5.69 Å². The van der Waals surface area contributed by atoms with Crippen molar-refractivity contribution in [3.05, 3.63) is 28.3 Å². The Bertz CT molecular complexity index is 561. The van der Waals surface area contributed by atoms with Gasteiger partial charge in [0.15, 0.2) is 0 Å². The predicted octanol–water partition coefficient (Wildman–Crippen LogP) is 1.97. The van der Waals surface area contributed by atoms with Gasteiger partial charge in [-0.05, 0) is 12.5 Å². The Hall–Kier alpha value is -1.54. The number of anilines is 1. The van der Waals surface area contributed by atoms with Crippen molar-refractivity contribution >= 4 is 33.0 Å². The Labute approximate surface area is 115 Å². The average molecular weight is 309 g/mol. The van der Waals surface area contributed by atoms with Crippen LogP contribution in [-0.2, 0) is 10.0 Å². The summed E-state index contributed by atoms with van der Waals surface area (Å²) in [7, 11) is -2.26. The lowest BCUT2D eigenvalue weighted by Crippen LogP contribution is -2.17. The molecule has 1 rings (SSSR count). The average Bonchev–Trinajstić information content (AvgIpc) is 2.35. The number of hydrogen-bond acceptors (Lipinski definition) is 5. The fourth-order valence-corrected chi connectivity index (χ4v) is 2.77. The Morgan fingerprint density at radius 1 is 1.47 bits per heavy atom. The zero-order valence-electron chi connectivity index (χ0n) is 10.1. The molecular weight excluding hydrogens is 296 g/mol. The molecule has 0 spiro atoms. The van der Waals surface area contributed by atoms with Crippen LogP contribution in [0.1, 0.15) is 6.42 Å². The molecule has 19 heavy (non-hydrogen) atoms. The number of nitrogens with one attached hydrogen (secondary N) is 1. The normalized spacial score (nSPS) is 11.1. The number of hydrogen-bond donors (Lipinski definition) is 1. The molecule has 106 valence electrons. The molecule has 0 aliphatic heterocycles. The molecule has 1 aromatic rings. The second-order valence-electron chi connectivity index (χ2n) is 3.61. The number of non-ortho nitro benzene ring substituents is 1. The number of alkyl halides is 1. The highest BCUT2D eigenvalue weighted by Gasteiger charge is 2.16. The monoisotopic (exact) mass is 308 g/mol. The lowest BCUT2D eigenvalue weighted by molar-refractivity contribution is -0.384. The van der Waals surface area contributed by atoms with Gasteiger partial charge in [0.2, 0.25) is 10.0 Å². The van der Waals surface area contributed by atoms with Crippen LogP contribution >= 0.6 is 11.6 Å². The fourth-order valence-electron chi connectivity index (χ4n) is 1.35. The Morgan fingerprint density at radius 3 is 2.68 bits per heavy atom. The molecule has 0 aliphatic carbocycles. The van der Waals surface area contributed by atoms with Crippen LogP contribution in [0.25, 0.3) is 0 Å². The SMILES string of the molecule is COc1ccc([N+](=O)[O-])cc1NS(=O)(=O)CCCCl. The molecule has 0 atom stereocenters. The molecule has 1 aromatic carbocycles. The zero-order valence-corrected chi connectivity index (χ0v) is 11.7. The van der Waals surface area contributed by atoms with Gasteiger partial charge in [0, 0.05) is 18.0 Å². The lowest BCUT2D eigenvalue weighted by Gasteiger charge is -2.11. The molecule has 0 aromatic heterocycles. The van der Waals surface area contributed by atoms with Crippen molar-refractivity contribution in [2.45, 2.75) is 6.42 Å². The number of nitrogens with zero attached hydrogens (tertiary/aromatic N) is 1. The molecule has 0 radical (unpaired) electrons. The largest absolute Gasteiger partial charge is 0.495 e. The second-order valence-corrected chi connectivity index (χ2v) is 5.82. The molecular formula is C10H13ClN2O5S. The number of methoxy groups -OCH3 is 1. The van der Waals surface area contributed by atoms with E-state index in [2.05, 4.69) is 4.72 Å². The summed E-state index contributed by atoms with van der Waals surface area (Å²) in [5, 5.41) is 10.7. The molecule has 7 nitrogen and oxygen atoms in total. The molecule has 1 N–H and O–H groups in total. The summed E-state index contributed by atoms with van der Waals surface area (Å²) < 4.78 is 30.6. The molecule has 9 heteroatoms. The first kappa shape index (κ1) is 15.5. The van der Waals surface area contributed by atoms with Crippen molar-refractivity contribution in [2.75, 3.05) is 23.5 Å². The van der Waals surface area contributed by atoms with E-state index in [0.717, 1.165) is 6.07 Å². The van der Waals surface area contributed by atoms with Crippen molar-refractivity contribution in [1.82, 2.24) is 0 Å². The van der Waals surface area contributed by atoms with Crippen molar-refractivity contribution in [3.8, 4) is 5.75 Å². The van der Waals surface area contributed by atoms with Gasteiger partial charge in [-0.2, -0.15) is 0 Å². The van der Waals surface area contributed by atoms with Crippen LogP contribution in [0.15, 0.2) is 18.2 Å². The van der Waals surface area contributed by atoms with Crippen LogP contribution in [0.4, 0.5) is 11.4 Å². The van der Waals surface area contributed by atoms with Gasteiger partial charge in [-0.25, -0.2) is 8.42 Å². The van der Waals surface area contributed by atoms with E-state index in [-0.39, 0.29) is 35.2 Å². The van der Waals surface area contributed by atoms with Gasteiger partial charge in [-0.1, -0.05) is 0 Å². The summed E-state index contributed by atoms with van der Waals surface area (Å²) in [5.41, 5.74) is -0.192. The first-order valence-corrected chi connectivity index (χ1v) is 7.47. The van der Waals surface area contributed by atoms with E-state index in [9.17, 15) is 18.5 Å². The second kappa shape index (κ2) is 6.58. The van der Waals surface area contributed by atoms with Crippen molar-refractivity contribution in [2.24, 2.45) is 0 Å². The highest BCUT2D eigenvalue weighted by atomic mass is 35.5. The van der Waals surface area contributed by atoms with Gasteiger partial charge < -0.3 is 4.74 Å². The standard InChI is InChI=1S/C10H13ClN2O5S/c1-18-10-4-3-8(13(14)15)7-9(10)12-19(16,17)6-2-5-11/h3-4,7,12H,2,5-6H2,1H3. The number of nitro groups is 1. The van der Waals surface area contributed by atoms with Crippen molar-refractivity contribution < 1.29 is 18.1 Å². The summed E-state index contributed by atoms with van der Waals surface area (Å²) in [6.45, 7) is 0. The number of rotatable bonds is 7. The molecule has 0 saturated heterocycles. The maximum absolute atomic E-state index is 11.7. The molecule has 0 aliphatic rings. The highest BCUT2D eigenvalue weighted by molar-refractivity contribution is 7.92. The van der Waals surface area contributed by atoms with Crippen LogP contribution < -0.4 is 9.46 Å². The topological polar surface area (TPSA) is 98.5 Å². The molecule has 0 unspecified atom stereocenters. The van der Waals surface area contributed by atoms with E-state index < -0.39 is 14.9 Å². The smallest absolute Gasteiger partial charge is 0.271 e. The summed E-state index contributed by atoms with van der Waals surface area (Å²) in [6.07, 6.45) is 0.286. The van der Waals surface area contributed by atoms with Gasteiger partial charge >= 0.3 is 0 Å². The van der Waals surface area contributed by atoms with Crippen LogP contribution in [-0.4, -0.2) is 32.1 Å². The first-order chi connectivity index (χ1) is 8.89. The van der Waals surface area contributed by atoms with Crippen LogP contribution in [0, 0.1) is 10.1 Å². The maximum atomic E-state index is 11.7. The predicted molar refractivity (Wildman–Crippen MR) is 72.4 cm³/mol.